The number of aryl methyl sites for hydroxylation is 1. The third kappa shape index (κ3) is 3.36. The quantitative estimate of drug-likeness (QED) is 0.329. The summed E-state index contributed by atoms with van der Waals surface area (Å²) in [6, 6.07) is 17.6. The number of halogens is 1. The Morgan fingerprint density at radius 1 is 1.10 bits per heavy atom. The molecule has 29 heavy (non-hydrogen) atoms. The normalized spacial score (nSPS) is 13.9. The van der Waals surface area contributed by atoms with Gasteiger partial charge in [-0.3, -0.25) is 9.36 Å². The van der Waals surface area contributed by atoms with E-state index < -0.39 is 0 Å². The van der Waals surface area contributed by atoms with E-state index in [1.165, 1.54) is 0 Å². The molecule has 1 fully saturated rings. The van der Waals surface area contributed by atoms with E-state index in [-0.39, 0.29) is 11.6 Å². The van der Waals surface area contributed by atoms with Crippen LogP contribution < -0.4 is 5.56 Å². The van der Waals surface area contributed by atoms with Gasteiger partial charge in [0.1, 0.15) is 5.15 Å². The average molecular weight is 423 g/mol. The molecule has 0 unspecified atom stereocenters. The minimum absolute atomic E-state index is 0.0448. The summed E-state index contributed by atoms with van der Waals surface area (Å²) in [4.78, 5) is 17.8. The van der Waals surface area contributed by atoms with E-state index in [1.54, 1.807) is 16.4 Å². The van der Waals surface area contributed by atoms with Crippen LogP contribution in [0.2, 0.25) is 5.15 Å². The fourth-order valence-electron chi connectivity index (χ4n) is 3.45. The summed E-state index contributed by atoms with van der Waals surface area (Å²) in [5, 5.41) is 6.64. The molecule has 0 N–H and O–H groups in total. The van der Waals surface area contributed by atoms with Crippen LogP contribution >= 0.6 is 23.4 Å². The molecule has 4 aromatic rings. The van der Waals surface area contributed by atoms with Gasteiger partial charge in [-0.1, -0.05) is 53.7 Å². The van der Waals surface area contributed by atoms with Crippen LogP contribution in [0.1, 0.15) is 30.1 Å². The van der Waals surface area contributed by atoms with E-state index in [9.17, 15) is 4.79 Å². The van der Waals surface area contributed by atoms with Crippen molar-refractivity contribution < 1.29 is 0 Å². The van der Waals surface area contributed by atoms with Crippen molar-refractivity contribution in [1.82, 2.24) is 19.3 Å². The maximum absolute atomic E-state index is 13.0. The lowest BCUT2D eigenvalue weighted by Gasteiger charge is -2.12. The van der Waals surface area contributed by atoms with Crippen molar-refractivity contribution in [2.45, 2.75) is 36.7 Å². The van der Waals surface area contributed by atoms with Gasteiger partial charge >= 0.3 is 0 Å². The maximum Gasteiger partial charge on any atom is 0.262 e. The van der Waals surface area contributed by atoms with Gasteiger partial charge in [0.25, 0.3) is 5.56 Å². The van der Waals surface area contributed by atoms with Crippen molar-refractivity contribution in [2.75, 3.05) is 0 Å². The Morgan fingerprint density at radius 2 is 1.83 bits per heavy atom. The number of hydrogen-bond acceptors (Lipinski definition) is 4. The van der Waals surface area contributed by atoms with Crippen LogP contribution in [0, 0.1) is 6.92 Å². The standard InChI is InChI=1S/C22H19ClN4OS/c1-14-18(20(23)27(25-14)16-7-3-2-4-8-16)13-29-22-24-19-10-6-5-9-17(19)21(28)26(22)15-11-12-15/h2-10,15H,11-13H2,1H3. The highest BCUT2D eigenvalue weighted by molar-refractivity contribution is 7.98. The molecule has 1 aliphatic carbocycles. The second-order valence-corrected chi connectivity index (χ2v) is 8.51. The largest absolute Gasteiger partial charge is 0.284 e. The van der Waals surface area contributed by atoms with E-state index in [1.807, 2.05) is 66.1 Å². The highest BCUT2D eigenvalue weighted by Crippen LogP contribution is 2.38. The molecule has 0 spiro atoms. The lowest BCUT2D eigenvalue weighted by molar-refractivity contribution is 0.618. The van der Waals surface area contributed by atoms with Gasteiger partial charge in [0.05, 0.1) is 22.3 Å². The molecule has 0 saturated heterocycles. The predicted octanol–water partition coefficient (Wildman–Crippen LogP) is 5.17. The van der Waals surface area contributed by atoms with E-state index in [0.29, 0.717) is 16.3 Å². The second kappa shape index (κ2) is 7.35. The molecule has 2 heterocycles. The van der Waals surface area contributed by atoms with Crippen LogP contribution in [0.25, 0.3) is 16.6 Å². The lowest BCUT2D eigenvalue weighted by Crippen LogP contribution is -2.22. The topological polar surface area (TPSA) is 52.7 Å². The van der Waals surface area contributed by atoms with Crippen LogP contribution in [0.15, 0.2) is 64.5 Å². The van der Waals surface area contributed by atoms with E-state index in [0.717, 1.165) is 40.5 Å². The molecule has 0 bridgehead atoms. The molecule has 0 amide bonds. The molecule has 5 nitrogen and oxygen atoms in total. The number of para-hydroxylation sites is 2. The molecule has 0 radical (unpaired) electrons. The molecule has 2 aromatic carbocycles. The maximum atomic E-state index is 13.0. The zero-order valence-electron chi connectivity index (χ0n) is 15.9. The Balaban J connectivity index is 1.51. The first-order chi connectivity index (χ1) is 14.1. The average Bonchev–Trinajstić information content (AvgIpc) is 3.53. The number of hydrogen-bond donors (Lipinski definition) is 0. The van der Waals surface area contributed by atoms with Gasteiger partial charge < -0.3 is 0 Å². The van der Waals surface area contributed by atoms with Gasteiger partial charge in [0.2, 0.25) is 0 Å². The number of nitrogens with zero attached hydrogens (tertiary/aromatic N) is 4. The molecular weight excluding hydrogens is 404 g/mol. The van der Waals surface area contributed by atoms with Crippen molar-refractivity contribution in [3.05, 3.63) is 81.4 Å². The van der Waals surface area contributed by atoms with Gasteiger partial charge in [0, 0.05) is 17.4 Å². The van der Waals surface area contributed by atoms with Gasteiger partial charge in [-0.15, -0.1) is 0 Å². The first-order valence-electron chi connectivity index (χ1n) is 9.57. The van der Waals surface area contributed by atoms with E-state index in [2.05, 4.69) is 5.10 Å². The van der Waals surface area contributed by atoms with Crippen molar-refractivity contribution in [1.29, 1.82) is 0 Å². The van der Waals surface area contributed by atoms with E-state index in [4.69, 9.17) is 16.6 Å². The van der Waals surface area contributed by atoms with Crippen LogP contribution in [-0.2, 0) is 5.75 Å². The van der Waals surface area contributed by atoms with Gasteiger partial charge in [-0.25, -0.2) is 9.67 Å². The molecule has 0 aliphatic heterocycles. The van der Waals surface area contributed by atoms with Gasteiger partial charge in [-0.2, -0.15) is 5.10 Å². The highest BCUT2D eigenvalue weighted by Gasteiger charge is 2.29. The first kappa shape index (κ1) is 18.5. The monoisotopic (exact) mass is 422 g/mol. The SMILES string of the molecule is Cc1nn(-c2ccccc2)c(Cl)c1CSc1nc2ccccc2c(=O)n1C1CC1. The molecular formula is C22H19ClN4OS. The van der Waals surface area contributed by atoms with Crippen LogP contribution in [0.4, 0.5) is 0 Å². The molecule has 2 aromatic heterocycles. The molecule has 146 valence electrons. The second-order valence-electron chi connectivity index (χ2n) is 7.21. The summed E-state index contributed by atoms with van der Waals surface area (Å²) in [5.41, 5.74) is 3.55. The molecule has 1 aliphatic rings. The van der Waals surface area contributed by atoms with Crippen molar-refractivity contribution in [3.8, 4) is 5.69 Å². The van der Waals surface area contributed by atoms with Gasteiger partial charge in [-0.05, 0) is 44.0 Å². The number of thioether (sulfide) groups is 1. The van der Waals surface area contributed by atoms with Crippen molar-refractivity contribution >= 4 is 34.3 Å². The zero-order valence-corrected chi connectivity index (χ0v) is 17.5. The van der Waals surface area contributed by atoms with Crippen LogP contribution in [-0.4, -0.2) is 19.3 Å². The number of fused-ring (bicyclic) bond motifs is 1. The molecule has 0 atom stereocenters. The number of aromatic nitrogens is 4. The third-order valence-electron chi connectivity index (χ3n) is 5.16. The Labute approximate surface area is 177 Å². The summed E-state index contributed by atoms with van der Waals surface area (Å²) in [6.07, 6.45) is 2.05. The van der Waals surface area contributed by atoms with Crippen LogP contribution in [0.5, 0.6) is 0 Å². The Kier molecular flexibility index (Phi) is 4.68. The minimum atomic E-state index is 0.0448. The summed E-state index contributed by atoms with van der Waals surface area (Å²) in [7, 11) is 0. The minimum Gasteiger partial charge on any atom is -0.284 e. The Morgan fingerprint density at radius 3 is 2.59 bits per heavy atom. The summed E-state index contributed by atoms with van der Waals surface area (Å²) in [6.45, 7) is 1.96. The predicted molar refractivity (Wildman–Crippen MR) is 117 cm³/mol. The van der Waals surface area contributed by atoms with Crippen LogP contribution in [0.3, 0.4) is 0 Å². The molecule has 5 rings (SSSR count). The lowest BCUT2D eigenvalue weighted by atomic mass is 10.2. The summed E-state index contributed by atoms with van der Waals surface area (Å²) < 4.78 is 3.62. The first-order valence-corrected chi connectivity index (χ1v) is 10.9. The van der Waals surface area contributed by atoms with Gasteiger partial charge in [0.15, 0.2) is 5.16 Å². The molecule has 1 saturated carbocycles. The fraction of sp³-hybridized carbons (Fsp3) is 0.227. The highest BCUT2D eigenvalue weighted by atomic mass is 35.5. The van der Waals surface area contributed by atoms with E-state index >= 15 is 0 Å². The zero-order chi connectivity index (χ0) is 20.0. The number of rotatable bonds is 5. The Bertz CT molecular complexity index is 1260. The third-order valence-corrected chi connectivity index (χ3v) is 6.52. The molecule has 7 heteroatoms. The number of benzene rings is 2. The fourth-order valence-corrected chi connectivity index (χ4v) is 5.03. The summed E-state index contributed by atoms with van der Waals surface area (Å²) >= 11 is 8.22. The van der Waals surface area contributed by atoms with Crippen molar-refractivity contribution in [2.24, 2.45) is 0 Å². The summed E-state index contributed by atoms with van der Waals surface area (Å²) in [5.74, 6) is 0.606. The smallest absolute Gasteiger partial charge is 0.262 e. The van der Waals surface area contributed by atoms with Crippen molar-refractivity contribution in [3.63, 3.8) is 0 Å². The Hall–Kier alpha value is -2.57.